The lowest BCUT2D eigenvalue weighted by molar-refractivity contribution is -0.167. The molecule has 6 nitrogen and oxygen atoms in total. The van der Waals surface area contributed by atoms with Crippen molar-refractivity contribution in [3.63, 3.8) is 0 Å². The molecule has 6 heteroatoms. The highest BCUT2D eigenvalue weighted by Gasteiger charge is 2.59. The van der Waals surface area contributed by atoms with E-state index < -0.39 is 28.7 Å². The van der Waals surface area contributed by atoms with E-state index in [1.54, 1.807) is 38.1 Å². The van der Waals surface area contributed by atoms with E-state index in [4.69, 9.17) is 4.74 Å². The van der Waals surface area contributed by atoms with E-state index in [9.17, 15) is 24.6 Å². The highest BCUT2D eigenvalue weighted by atomic mass is 16.6. The Bertz CT molecular complexity index is 1210. The predicted octanol–water partition coefficient (Wildman–Crippen LogP) is 5.68. The number of Topliss-reactive ketones (excluding diaryl/α,β-unsaturated/α-hetero) is 2. The molecule has 0 amide bonds. The number of aliphatic hydroxyl groups is 1. The van der Waals surface area contributed by atoms with Crippen LogP contribution in [0.15, 0.2) is 35.9 Å². The molecule has 0 radical (unpaired) electrons. The first-order valence-electron chi connectivity index (χ1n) is 12.4. The van der Waals surface area contributed by atoms with E-state index in [0.29, 0.717) is 16.3 Å². The standard InChI is InChI=1S/C29H36O6/c1-7-8-9-10-12-17(2)15-19(4)26(32)35-29(6)25(31)24-20-14-11-13-18(3)23(20)22(30)16-21(24)28(5,34)27(29)33/h11,13-17,30,34H,7-10,12H2,1-6H3/b19-15+/t17-,28-,29-/m0/s1. The molecule has 0 aliphatic heterocycles. The van der Waals surface area contributed by atoms with Crippen LogP contribution in [-0.2, 0) is 19.9 Å². The van der Waals surface area contributed by atoms with Gasteiger partial charge in [0.25, 0.3) is 0 Å². The Morgan fingerprint density at radius 3 is 2.51 bits per heavy atom. The normalized spacial score (nSPS) is 23.3. The molecule has 0 aromatic heterocycles. The minimum Gasteiger partial charge on any atom is -0.507 e. The smallest absolute Gasteiger partial charge is 0.334 e. The molecular weight excluding hydrogens is 444 g/mol. The summed E-state index contributed by atoms with van der Waals surface area (Å²) < 4.78 is 5.58. The van der Waals surface area contributed by atoms with Crippen molar-refractivity contribution >= 4 is 28.3 Å². The minimum absolute atomic E-state index is 0.00425. The van der Waals surface area contributed by atoms with Crippen LogP contribution in [0.1, 0.15) is 88.2 Å². The summed E-state index contributed by atoms with van der Waals surface area (Å²) in [5.41, 5.74) is -3.22. The molecule has 3 atom stereocenters. The number of phenols is 1. The lowest BCUT2D eigenvalue weighted by atomic mass is 9.69. The average Bonchev–Trinajstić information content (AvgIpc) is 2.79. The average molecular weight is 481 g/mol. The number of benzene rings is 2. The third kappa shape index (κ3) is 4.76. The van der Waals surface area contributed by atoms with Gasteiger partial charge in [0.1, 0.15) is 5.75 Å². The zero-order valence-corrected chi connectivity index (χ0v) is 21.5. The zero-order valence-electron chi connectivity index (χ0n) is 21.5. The number of carbonyl (C=O) groups is 3. The van der Waals surface area contributed by atoms with Gasteiger partial charge < -0.3 is 14.9 Å². The van der Waals surface area contributed by atoms with Gasteiger partial charge in [-0.25, -0.2) is 4.79 Å². The number of unbranched alkanes of at least 4 members (excludes halogenated alkanes) is 3. The van der Waals surface area contributed by atoms with Crippen LogP contribution in [0.2, 0.25) is 0 Å². The number of carbonyl (C=O) groups excluding carboxylic acids is 3. The maximum absolute atomic E-state index is 13.7. The van der Waals surface area contributed by atoms with Crippen molar-refractivity contribution in [1.82, 2.24) is 0 Å². The van der Waals surface area contributed by atoms with Crippen molar-refractivity contribution in [1.29, 1.82) is 0 Å². The van der Waals surface area contributed by atoms with Crippen LogP contribution in [0.3, 0.4) is 0 Å². The summed E-state index contributed by atoms with van der Waals surface area (Å²) in [6.07, 6.45) is 7.25. The van der Waals surface area contributed by atoms with Crippen molar-refractivity contribution in [2.45, 2.75) is 84.8 Å². The maximum atomic E-state index is 13.7. The number of hydrogen-bond acceptors (Lipinski definition) is 6. The fourth-order valence-electron chi connectivity index (χ4n) is 5.03. The van der Waals surface area contributed by atoms with E-state index in [2.05, 4.69) is 6.92 Å². The van der Waals surface area contributed by atoms with E-state index in [1.165, 1.54) is 26.3 Å². The zero-order chi connectivity index (χ0) is 26.1. The van der Waals surface area contributed by atoms with Crippen molar-refractivity contribution < 1.29 is 29.3 Å². The van der Waals surface area contributed by atoms with Crippen LogP contribution >= 0.6 is 0 Å². The molecule has 3 rings (SSSR count). The highest BCUT2D eigenvalue weighted by molar-refractivity contribution is 6.28. The van der Waals surface area contributed by atoms with Crippen LogP contribution in [0.25, 0.3) is 10.8 Å². The molecule has 2 aromatic carbocycles. The molecule has 35 heavy (non-hydrogen) atoms. The molecular formula is C29H36O6. The monoisotopic (exact) mass is 480 g/mol. The van der Waals surface area contributed by atoms with Gasteiger partial charge in [0.15, 0.2) is 5.60 Å². The van der Waals surface area contributed by atoms with Gasteiger partial charge in [-0.05, 0) is 57.0 Å². The Morgan fingerprint density at radius 1 is 1.17 bits per heavy atom. The van der Waals surface area contributed by atoms with Crippen molar-refractivity contribution in [3.8, 4) is 5.75 Å². The molecule has 0 saturated carbocycles. The van der Waals surface area contributed by atoms with E-state index >= 15 is 0 Å². The maximum Gasteiger partial charge on any atom is 0.334 e. The summed E-state index contributed by atoms with van der Waals surface area (Å²) in [4.78, 5) is 40.1. The van der Waals surface area contributed by atoms with Gasteiger partial charge in [-0.2, -0.15) is 0 Å². The Kier molecular flexibility index (Phi) is 7.56. The number of ketones is 2. The third-order valence-electron chi connectivity index (χ3n) is 7.08. The number of hydrogen-bond donors (Lipinski definition) is 2. The Balaban J connectivity index is 1.99. The lowest BCUT2D eigenvalue weighted by Crippen LogP contribution is -2.59. The number of phenolic OH excluding ortho intramolecular Hbond substituents is 1. The highest BCUT2D eigenvalue weighted by Crippen LogP contribution is 2.45. The van der Waals surface area contributed by atoms with Crippen LogP contribution in [0.4, 0.5) is 0 Å². The summed E-state index contributed by atoms with van der Waals surface area (Å²) in [5, 5.41) is 22.7. The third-order valence-corrected chi connectivity index (χ3v) is 7.08. The Morgan fingerprint density at radius 2 is 1.86 bits per heavy atom. The Labute approximate surface area is 207 Å². The van der Waals surface area contributed by atoms with Gasteiger partial charge in [0, 0.05) is 22.1 Å². The quantitative estimate of drug-likeness (QED) is 0.218. The fourth-order valence-corrected chi connectivity index (χ4v) is 5.03. The second-order valence-corrected chi connectivity index (χ2v) is 10.1. The fraction of sp³-hybridized carbons (Fsp3) is 0.483. The van der Waals surface area contributed by atoms with Crippen LogP contribution in [-0.4, -0.2) is 33.3 Å². The van der Waals surface area contributed by atoms with E-state index in [1.807, 2.05) is 6.92 Å². The number of rotatable bonds is 8. The molecule has 2 aromatic rings. The van der Waals surface area contributed by atoms with Gasteiger partial charge >= 0.3 is 5.97 Å². The summed E-state index contributed by atoms with van der Waals surface area (Å²) in [5.74, 6) is -2.42. The molecule has 0 spiro atoms. The van der Waals surface area contributed by atoms with Crippen LogP contribution in [0.5, 0.6) is 5.75 Å². The molecule has 1 aliphatic rings. The topological polar surface area (TPSA) is 101 Å². The van der Waals surface area contributed by atoms with Gasteiger partial charge in [-0.15, -0.1) is 0 Å². The SMILES string of the molecule is CCCCCC[C@H](C)/C=C(\C)C(=O)O[C@@]1(C)C(=O)c2c(cc(O)c3c(C)cccc23)[C@](C)(O)C1=O. The second kappa shape index (κ2) is 9.94. The molecule has 2 N–H and O–H groups in total. The predicted molar refractivity (Wildman–Crippen MR) is 135 cm³/mol. The summed E-state index contributed by atoms with van der Waals surface area (Å²) in [6, 6.07) is 6.43. The molecule has 188 valence electrons. The summed E-state index contributed by atoms with van der Waals surface area (Å²) >= 11 is 0. The molecule has 0 heterocycles. The molecule has 0 saturated heterocycles. The number of aromatic hydroxyl groups is 1. The van der Waals surface area contributed by atoms with Gasteiger partial charge in [0.2, 0.25) is 17.2 Å². The van der Waals surface area contributed by atoms with Crippen LogP contribution < -0.4 is 0 Å². The van der Waals surface area contributed by atoms with Crippen molar-refractivity contribution in [3.05, 3.63) is 52.6 Å². The minimum atomic E-state index is -2.21. The second-order valence-electron chi connectivity index (χ2n) is 10.1. The van der Waals surface area contributed by atoms with E-state index in [-0.39, 0.29) is 22.8 Å². The van der Waals surface area contributed by atoms with Gasteiger partial charge in [-0.1, -0.05) is 63.8 Å². The van der Waals surface area contributed by atoms with Crippen LogP contribution in [0, 0.1) is 12.8 Å². The summed E-state index contributed by atoms with van der Waals surface area (Å²) in [7, 11) is 0. The van der Waals surface area contributed by atoms with Crippen molar-refractivity contribution in [2.75, 3.05) is 0 Å². The number of ether oxygens (including phenoxy) is 1. The Hall–Kier alpha value is -2.99. The van der Waals surface area contributed by atoms with Crippen molar-refractivity contribution in [2.24, 2.45) is 5.92 Å². The van der Waals surface area contributed by atoms with Gasteiger partial charge in [-0.3, -0.25) is 9.59 Å². The molecule has 1 aliphatic carbocycles. The first-order valence-corrected chi connectivity index (χ1v) is 12.4. The first-order chi connectivity index (χ1) is 16.4. The summed E-state index contributed by atoms with van der Waals surface area (Å²) in [6.45, 7) is 10.1. The number of allylic oxidation sites excluding steroid dienone is 1. The number of esters is 1. The first kappa shape index (κ1) is 26.6. The van der Waals surface area contributed by atoms with Gasteiger partial charge in [0.05, 0.1) is 0 Å². The number of aryl methyl sites for hydroxylation is 1. The van der Waals surface area contributed by atoms with E-state index in [0.717, 1.165) is 31.2 Å². The lowest BCUT2D eigenvalue weighted by Gasteiger charge is -2.40. The molecule has 0 fully saturated rings. The number of fused-ring (bicyclic) bond motifs is 3. The largest absolute Gasteiger partial charge is 0.507 e. The molecule has 0 bridgehead atoms. The molecule has 0 unspecified atom stereocenters.